The van der Waals surface area contributed by atoms with Crippen molar-refractivity contribution in [1.29, 1.82) is 0 Å². The molecule has 0 spiro atoms. The molecule has 2 N–H and O–H groups in total. The minimum absolute atomic E-state index is 0.244. The molecule has 6 nitrogen and oxygen atoms in total. The van der Waals surface area contributed by atoms with Crippen LogP contribution in [0.4, 0.5) is 0 Å². The van der Waals surface area contributed by atoms with Crippen LogP contribution in [0.2, 0.25) is 0 Å². The monoisotopic (exact) mass is 443 g/mol. The van der Waals surface area contributed by atoms with Crippen molar-refractivity contribution in [2.45, 2.75) is 65.4 Å². The van der Waals surface area contributed by atoms with Crippen LogP contribution in [0, 0.1) is 17.8 Å². The van der Waals surface area contributed by atoms with Crippen LogP contribution in [0.5, 0.6) is 0 Å². The van der Waals surface area contributed by atoms with Crippen LogP contribution in [-0.4, -0.2) is 58.4 Å². The molecular formula is C26H37NO5. The summed E-state index contributed by atoms with van der Waals surface area (Å²) in [5.74, 6) is -1.74. The molecule has 1 aromatic carbocycles. The maximum absolute atomic E-state index is 13.2. The SMILES string of the molecule is C/C1=C/[C@H](C)[C@@H](O)[C@@H](C)[C@H](C)OC(=O)[C@H](Cc2ccccc2)N(C)C(=O)/C=C\[C@H](C)[C@@H]1O. The number of cyclic esters (lactones) is 1. The molecule has 0 radical (unpaired) electrons. The van der Waals surface area contributed by atoms with Crippen LogP contribution in [-0.2, 0) is 20.7 Å². The fraction of sp³-hybridized carbons (Fsp3) is 0.538. The number of hydrogen-bond acceptors (Lipinski definition) is 5. The third-order valence-corrected chi connectivity index (χ3v) is 6.51. The first-order valence-corrected chi connectivity index (χ1v) is 11.3. The summed E-state index contributed by atoms with van der Waals surface area (Å²) >= 11 is 0. The highest BCUT2D eigenvalue weighted by Gasteiger charge is 2.33. The zero-order chi connectivity index (χ0) is 24.0. The lowest BCUT2D eigenvalue weighted by molar-refractivity contribution is -0.161. The van der Waals surface area contributed by atoms with E-state index in [4.69, 9.17) is 4.74 Å². The van der Waals surface area contributed by atoms with E-state index in [1.807, 2.05) is 64.1 Å². The van der Waals surface area contributed by atoms with Crippen LogP contribution < -0.4 is 0 Å². The van der Waals surface area contributed by atoms with Gasteiger partial charge < -0.3 is 19.8 Å². The van der Waals surface area contributed by atoms with Crippen molar-refractivity contribution < 1.29 is 24.5 Å². The van der Waals surface area contributed by atoms with E-state index in [2.05, 4.69) is 0 Å². The summed E-state index contributed by atoms with van der Waals surface area (Å²) < 4.78 is 5.74. The number of esters is 1. The second-order valence-corrected chi connectivity index (χ2v) is 9.08. The first kappa shape index (κ1) is 25.8. The molecule has 6 heteroatoms. The summed E-state index contributed by atoms with van der Waals surface area (Å²) in [4.78, 5) is 27.4. The normalized spacial score (nSPS) is 35.8. The zero-order valence-corrected chi connectivity index (χ0v) is 19.9. The lowest BCUT2D eigenvalue weighted by Gasteiger charge is -2.31. The lowest BCUT2D eigenvalue weighted by Crippen LogP contribution is -2.46. The highest BCUT2D eigenvalue weighted by molar-refractivity contribution is 5.91. The third kappa shape index (κ3) is 6.53. The number of benzene rings is 1. The fourth-order valence-corrected chi connectivity index (χ4v) is 3.98. The van der Waals surface area contributed by atoms with Crippen molar-refractivity contribution in [3.63, 3.8) is 0 Å². The Labute approximate surface area is 191 Å². The molecule has 0 bridgehead atoms. The molecule has 0 aliphatic carbocycles. The van der Waals surface area contributed by atoms with E-state index in [0.29, 0.717) is 6.42 Å². The molecule has 1 aromatic rings. The van der Waals surface area contributed by atoms with Gasteiger partial charge in [0.25, 0.3) is 0 Å². The maximum atomic E-state index is 13.2. The van der Waals surface area contributed by atoms with E-state index in [1.165, 1.54) is 11.0 Å². The summed E-state index contributed by atoms with van der Waals surface area (Å²) in [6.07, 6.45) is 3.11. The fourth-order valence-electron chi connectivity index (χ4n) is 3.98. The molecule has 32 heavy (non-hydrogen) atoms. The van der Waals surface area contributed by atoms with Crippen molar-refractivity contribution in [2.75, 3.05) is 7.05 Å². The average Bonchev–Trinajstić information content (AvgIpc) is 2.78. The Kier molecular flexibility index (Phi) is 9.22. The van der Waals surface area contributed by atoms with Crippen LogP contribution in [0.15, 0.2) is 54.1 Å². The Morgan fingerprint density at radius 2 is 1.62 bits per heavy atom. The van der Waals surface area contributed by atoms with Crippen LogP contribution in [0.3, 0.4) is 0 Å². The van der Waals surface area contributed by atoms with E-state index in [1.54, 1.807) is 20.0 Å². The van der Waals surface area contributed by atoms with Gasteiger partial charge in [-0.1, -0.05) is 63.3 Å². The number of hydrogen-bond donors (Lipinski definition) is 2. The van der Waals surface area contributed by atoms with Gasteiger partial charge in [-0.25, -0.2) is 4.79 Å². The smallest absolute Gasteiger partial charge is 0.329 e. The largest absolute Gasteiger partial charge is 0.461 e. The topological polar surface area (TPSA) is 87.1 Å². The van der Waals surface area contributed by atoms with Gasteiger partial charge in [0.15, 0.2) is 0 Å². The van der Waals surface area contributed by atoms with Crippen LogP contribution in [0.1, 0.15) is 40.2 Å². The number of likely N-dealkylation sites (N-methyl/N-ethyl adjacent to an activating group) is 1. The summed E-state index contributed by atoms with van der Waals surface area (Å²) in [6, 6.07) is 8.66. The van der Waals surface area contributed by atoms with Crippen molar-refractivity contribution in [3.05, 3.63) is 59.7 Å². The van der Waals surface area contributed by atoms with E-state index in [9.17, 15) is 19.8 Å². The van der Waals surface area contributed by atoms with E-state index < -0.39 is 30.3 Å². The van der Waals surface area contributed by atoms with Gasteiger partial charge in [-0.05, 0) is 31.1 Å². The molecule has 0 fully saturated rings. The van der Waals surface area contributed by atoms with Crippen molar-refractivity contribution in [2.24, 2.45) is 17.8 Å². The maximum Gasteiger partial charge on any atom is 0.329 e. The van der Waals surface area contributed by atoms with Crippen molar-refractivity contribution >= 4 is 11.9 Å². The Morgan fingerprint density at radius 3 is 2.25 bits per heavy atom. The molecule has 1 aliphatic rings. The van der Waals surface area contributed by atoms with Gasteiger partial charge in [-0.15, -0.1) is 0 Å². The average molecular weight is 444 g/mol. The Hall–Kier alpha value is -2.44. The van der Waals surface area contributed by atoms with E-state index in [-0.39, 0.29) is 23.7 Å². The number of carbonyl (C=O) groups excluding carboxylic acids is 2. The van der Waals surface area contributed by atoms with Gasteiger partial charge in [0.05, 0.1) is 12.2 Å². The molecule has 0 unspecified atom stereocenters. The summed E-state index contributed by atoms with van der Waals surface area (Å²) in [6.45, 7) is 9.10. The van der Waals surface area contributed by atoms with Gasteiger partial charge in [-0.2, -0.15) is 0 Å². The molecule has 1 heterocycles. The number of rotatable bonds is 2. The quantitative estimate of drug-likeness (QED) is 0.542. The zero-order valence-electron chi connectivity index (χ0n) is 19.9. The first-order valence-electron chi connectivity index (χ1n) is 11.3. The van der Waals surface area contributed by atoms with Gasteiger partial charge in [-0.3, -0.25) is 4.79 Å². The number of carbonyl (C=O) groups is 2. The molecule has 7 atom stereocenters. The molecule has 0 aromatic heterocycles. The summed E-state index contributed by atoms with van der Waals surface area (Å²) in [5.41, 5.74) is 1.64. The predicted octanol–water partition coefficient (Wildman–Crippen LogP) is 3.13. The minimum atomic E-state index is -0.816. The van der Waals surface area contributed by atoms with E-state index in [0.717, 1.165) is 11.1 Å². The second kappa shape index (κ2) is 11.4. The molecule has 0 saturated carbocycles. The number of aliphatic hydroxyl groups excluding tert-OH is 2. The molecule has 1 aliphatic heterocycles. The standard InChI is InChI=1S/C26H37NO5/c1-16-12-13-23(28)27(6)22(15-21-10-8-7-9-11-21)26(31)32-20(5)19(4)25(30)18(3)14-17(2)24(16)29/h7-14,16,18-20,22,24-25,29-30H,15H2,1-6H3/b13-12-,17-14-/t16-,18-,19-,20-,22-,24-,25+/m0/s1. The van der Waals surface area contributed by atoms with Gasteiger partial charge in [0.1, 0.15) is 12.1 Å². The number of amides is 1. The lowest BCUT2D eigenvalue weighted by atomic mass is 9.87. The van der Waals surface area contributed by atoms with Crippen LogP contribution >= 0.6 is 0 Å². The van der Waals surface area contributed by atoms with Gasteiger partial charge >= 0.3 is 5.97 Å². The highest BCUT2D eigenvalue weighted by atomic mass is 16.5. The molecule has 2 rings (SSSR count). The molecular weight excluding hydrogens is 406 g/mol. The summed E-state index contributed by atoms with van der Waals surface area (Å²) in [5, 5.41) is 21.5. The number of nitrogens with zero attached hydrogens (tertiary/aromatic N) is 1. The Morgan fingerprint density at radius 1 is 1.00 bits per heavy atom. The predicted molar refractivity (Wildman–Crippen MR) is 125 cm³/mol. The Balaban J connectivity index is 2.42. The van der Waals surface area contributed by atoms with Gasteiger partial charge in [0, 0.05) is 31.2 Å². The minimum Gasteiger partial charge on any atom is -0.461 e. The van der Waals surface area contributed by atoms with Crippen molar-refractivity contribution in [1.82, 2.24) is 4.90 Å². The van der Waals surface area contributed by atoms with Gasteiger partial charge in [0.2, 0.25) is 5.91 Å². The van der Waals surface area contributed by atoms with Crippen LogP contribution in [0.25, 0.3) is 0 Å². The molecule has 1 amide bonds. The van der Waals surface area contributed by atoms with E-state index >= 15 is 0 Å². The third-order valence-electron chi connectivity index (χ3n) is 6.51. The number of aliphatic hydroxyl groups is 2. The van der Waals surface area contributed by atoms with Crippen molar-refractivity contribution in [3.8, 4) is 0 Å². The number of ether oxygens (including phenoxy) is 1. The highest BCUT2D eigenvalue weighted by Crippen LogP contribution is 2.24. The first-order chi connectivity index (χ1) is 15.0. The Bertz CT molecular complexity index is 834. The molecule has 0 saturated heterocycles. The second-order valence-electron chi connectivity index (χ2n) is 9.08. The summed E-state index contributed by atoms with van der Waals surface area (Å²) in [7, 11) is 1.58. The molecule has 176 valence electrons.